The maximum absolute atomic E-state index is 12.9. The maximum atomic E-state index is 12.9. The van der Waals surface area contributed by atoms with Crippen molar-refractivity contribution in [2.75, 3.05) is 13.1 Å². The van der Waals surface area contributed by atoms with Gasteiger partial charge in [-0.3, -0.25) is 9.79 Å². The molecule has 2 N–H and O–H groups in total. The SMILES string of the molecule is C#CCCN(CCC)C(=O)/C(N)=C/C(CCC)=N\C(=C/C=C)c1ccc(CC)c(CC)c1. The molecule has 0 atom stereocenters. The van der Waals surface area contributed by atoms with Crippen molar-refractivity contribution in [2.45, 2.75) is 66.2 Å². The quantitative estimate of drug-likeness (QED) is 0.188. The molecule has 1 rings (SSSR count). The largest absolute Gasteiger partial charge is 0.394 e. The highest BCUT2D eigenvalue weighted by atomic mass is 16.2. The van der Waals surface area contributed by atoms with Crippen molar-refractivity contribution in [2.24, 2.45) is 10.7 Å². The van der Waals surface area contributed by atoms with E-state index in [1.165, 1.54) is 11.1 Å². The number of rotatable bonds is 13. The van der Waals surface area contributed by atoms with E-state index in [2.05, 4.69) is 51.5 Å². The molecule has 0 fully saturated rings. The number of benzene rings is 1. The van der Waals surface area contributed by atoms with Gasteiger partial charge < -0.3 is 10.6 Å². The summed E-state index contributed by atoms with van der Waals surface area (Å²) in [5.41, 5.74) is 11.7. The van der Waals surface area contributed by atoms with E-state index in [4.69, 9.17) is 17.1 Å². The summed E-state index contributed by atoms with van der Waals surface area (Å²) >= 11 is 0. The van der Waals surface area contributed by atoms with Gasteiger partial charge in [-0.1, -0.05) is 58.9 Å². The van der Waals surface area contributed by atoms with Crippen LogP contribution in [0.1, 0.15) is 70.1 Å². The summed E-state index contributed by atoms with van der Waals surface area (Å²) in [6, 6.07) is 6.46. The Kier molecular flexibility index (Phi) is 12.5. The van der Waals surface area contributed by atoms with Crippen LogP contribution in [0, 0.1) is 12.3 Å². The van der Waals surface area contributed by atoms with Gasteiger partial charge in [-0.25, -0.2) is 0 Å². The van der Waals surface area contributed by atoms with Gasteiger partial charge in [0.25, 0.3) is 5.91 Å². The summed E-state index contributed by atoms with van der Waals surface area (Å²) in [5, 5.41) is 0. The fourth-order valence-corrected chi connectivity index (χ4v) is 3.55. The smallest absolute Gasteiger partial charge is 0.269 e. The molecule has 1 aromatic carbocycles. The number of nitrogens with zero attached hydrogens (tertiary/aromatic N) is 2. The lowest BCUT2D eigenvalue weighted by Crippen LogP contribution is -2.36. The number of nitrogens with two attached hydrogens (primary N) is 1. The van der Waals surface area contributed by atoms with Crippen LogP contribution in [0.25, 0.3) is 5.70 Å². The molecule has 0 saturated heterocycles. The summed E-state index contributed by atoms with van der Waals surface area (Å²) in [7, 11) is 0. The summed E-state index contributed by atoms with van der Waals surface area (Å²) in [6.07, 6.45) is 15.7. The molecule has 0 saturated carbocycles. The van der Waals surface area contributed by atoms with Gasteiger partial charge in [-0.05, 0) is 55.0 Å². The van der Waals surface area contributed by atoms with E-state index in [0.29, 0.717) is 25.9 Å². The van der Waals surface area contributed by atoms with E-state index in [-0.39, 0.29) is 11.6 Å². The predicted octanol–water partition coefficient (Wildman–Crippen LogP) is 5.68. The molecule has 0 spiro atoms. The van der Waals surface area contributed by atoms with Crippen molar-refractivity contribution in [3.05, 3.63) is 65.4 Å². The number of aryl methyl sites for hydroxylation is 2. The third-order valence-corrected chi connectivity index (χ3v) is 5.19. The fourth-order valence-electron chi connectivity index (χ4n) is 3.55. The van der Waals surface area contributed by atoms with E-state index >= 15 is 0 Å². The fraction of sp³-hybridized carbons (Fsp3) is 0.429. The minimum Gasteiger partial charge on any atom is -0.394 e. The van der Waals surface area contributed by atoms with E-state index in [1.54, 1.807) is 17.1 Å². The van der Waals surface area contributed by atoms with Crippen LogP contribution in [0.4, 0.5) is 0 Å². The summed E-state index contributed by atoms with van der Waals surface area (Å²) < 4.78 is 0. The van der Waals surface area contributed by atoms with Crippen LogP contribution in [0.2, 0.25) is 0 Å². The number of carbonyl (C=O) groups excluding carboxylic acids is 1. The molecule has 0 bridgehead atoms. The number of hydrogen-bond donors (Lipinski definition) is 1. The molecule has 0 aliphatic rings. The maximum Gasteiger partial charge on any atom is 0.269 e. The Balaban J connectivity index is 3.35. The zero-order valence-electron chi connectivity index (χ0n) is 20.3. The zero-order chi connectivity index (χ0) is 23.9. The minimum absolute atomic E-state index is 0.191. The second-order valence-corrected chi connectivity index (χ2v) is 7.68. The molecule has 1 aromatic rings. The molecule has 0 heterocycles. The van der Waals surface area contributed by atoms with Gasteiger partial charge in [-0.15, -0.1) is 12.3 Å². The Morgan fingerprint density at radius 3 is 2.44 bits per heavy atom. The number of hydrogen-bond acceptors (Lipinski definition) is 3. The first-order valence-electron chi connectivity index (χ1n) is 11.7. The molecule has 32 heavy (non-hydrogen) atoms. The highest BCUT2D eigenvalue weighted by Crippen LogP contribution is 2.22. The number of terminal acetylenes is 1. The number of allylic oxidation sites excluding steroid dienone is 3. The molecular formula is C28H39N3O. The molecule has 0 aliphatic heterocycles. The molecule has 0 aromatic heterocycles. The zero-order valence-corrected chi connectivity index (χ0v) is 20.3. The van der Waals surface area contributed by atoms with Gasteiger partial charge in [0.2, 0.25) is 0 Å². The van der Waals surface area contributed by atoms with Crippen molar-refractivity contribution >= 4 is 17.3 Å². The highest BCUT2D eigenvalue weighted by molar-refractivity contribution is 6.05. The predicted molar refractivity (Wildman–Crippen MR) is 138 cm³/mol. The van der Waals surface area contributed by atoms with Crippen molar-refractivity contribution in [3.8, 4) is 12.3 Å². The molecule has 0 radical (unpaired) electrons. The lowest BCUT2D eigenvalue weighted by molar-refractivity contribution is -0.127. The van der Waals surface area contributed by atoms with Crippen molar-refractivity contribution in [3.63, 3.8) is 0 Å². The van der Waals surface area contributed by atoms with Crippen LogP contribution in [0.15, 0.2) is 53.7 Å². The number of amides is 1. The summed E-state index contributed by atoms with van der Waals surface area (Å²) in [6.45, 7) is 13.4. The minimum atomic E-state index is -0.194. The van der Waals surface area contributed by atoms with Crippen LogP contribution in [0.3, 0.4) is 0 Å². The third-order valence-electron chi connectivity index (χ3n) is 5.19. The van der Waals surface area contributed by atoms with E-state index in [1.807, 2.05) is 13.0 Å². The van der Waals surface area contributed by atoms with Gasteiger partial charge in [0.15, 0.2) is 0 Å². The lowest BCUT2D eigenvalue weighted by atomic mass is 9.98. The molecular weight excluding hydrogens is 394 g/mol. The Morgan fingerprint density at radius 2 is 1.88 bits per heavy atom. The van der Waals surface area contributed by atoms with Crippen molar-refractivity contribution in [1.82, 2.24) is 4.90 Å². The Labute approximate surface area is 195 Å². The van der Waals surface area contributed by atoms with Gasteiger partial charge >= 0.3 is 0 Å². The van der Waals surface area contributed by atoms with Crippen molar-refractivity contribution < 1.29 is 4.79 Å². The molecule has 172 valence electrons. The van der Waals surface area contributed by atoms with Gasteiger partial charge in [-0.2, -0.15) is 0 Å². The summed E-state index contributed by atoms with van der Waals surface area (Å²) in [4.78, 5) is 19.5. The number of aliphatic imine (C=N–C) groups is 1. The Hall–Kier alpha value is -3.06. The molecule has 0 aliphatic carbocycles. The first-order valence-corrected chi connectivity index (χ1v) is 11.7. The van der Waals surface area contributed by atoms with Crippen LogP contribution in [0.5, 0.6) is 0 Å². The van der Waals surface area contributed by atoms with Gasteiger partial charge in [0.05, 0.1) is 11.4 Å². The van der Waals surface area contributed by atoms with Crippen LogP contribution < -0.4 is 5.73 Å². The van der Waals surface area contributed by atoms with Crippen molar-refractivity contribution in [1.29, 1.82) is 0 Å². The van der Waals surface area contributed by atoms with Gasteiger partial charge in [0.1, 0.15) is 0 Å². The molecule has 4 heteroatoms. The van der Waals surface area contributed by atoms with E-state index < -0.39 is 0 Å². The van der Waals surface area contributed by atoms with Gasteiger partial charge in [0, 0.05) is 30.8 Å². The van der Waals surface area contributed by atoms with E-state index in [0.717, 1.165) is 42.7 Å². The monoisotopic (exact) mass is 433 g/mol. The number of carbonyl (C=O) groups is 1. The normalized spacial score (nSPS) is 12.4. The summed E-state index contributed by atoms with van der Waals surface area (Å²) in [5.74, 6) is 2.40. The Bertz CT molecular complexity index is 900. The van der Waals surface area contributed by atoms with E-state index in [9.17, 15) is 4.79 Å². The third kappa shape index (κ3) is 8.23. The first kappa shape index (κ1) is 27.0. The standard InChI is InChI=1S/C28H39N3O/c1-7-13-19-31(18-10-4)28(32)26(29)21-25(14-8-2)30-27(15-9-3)24-17-16-22(11-5)23(12-6)20-24/h1,9,15-17,20-21H,3,8,10-14,18-19,29H2,2,4-6H3/b26-21-,27-15-,30-25-. The second kappa shape index (κ2) is 14.9. The molecule has 1 amide bonds. The van der Waals surface area contributed by atoms with Crippen LogP contribution in [-0.4, -0.2) is 29.6 Å². The van der Waals surface area contributed by atoms with Crippen LogP contribution >= 0.6 is 0 Å². The average Bonchev–Trinajstić information content (AvgIpc) is 2.80. The Morgan fingerprint density at radius 1 is 1.16 bits per heavy atom. The molecule has 0 unspecified atom stereocenters. The first-order chi connectivity index (χ1) is 15.4. The second-order valence-electron chi connectivity index (χ2n) is 7.68. The topological polar surface area (TPSA) is 58.7 Å². The highest BCUT2D eigenvalue weighted by Gasteiger charge is 2.15. The van der Waals surface area contributed by atoms with Crippen LogP contribution in [-0.2, 0) is 17.6 Å². The lowest BCUT2D eigenvalue weighted by Gasteiger charge is -2.21. The molecule has 4 nitrogen and oxygen atoms in total. The average molecular weight is 434 g/mol.